The first-order valence-corrected chi connectivity index (χ1v) is 5.37. The van der Waals surface area contributed by atoms with E-state index in [9.17, 15) is 14.7 Å². The zero-order valence-electron chi connectivity index (χ0n) is 10.2. The molecule has 0 amide bonds. The molecule has 1 rings (SSSR count). The molecule has 0 radical (unpaired) electrons. The maximum Gasteiger partial charge on any atom is 0.191 e. The van der Waals surface area contributed by atoms with E-state index in [-0.39, 0.29) is 18.0 Å². The number of carbonyl (C=O) groups excluding carboxylic acids is 2. The predicted molar refractivity (Wildman–Crippen MR) is 61.9 cm³/mol. The van der Waals surface area contributed by atoms with Crippen molar-refractivity contribution in [2.45, 2.75) is 39.7 Å². The van der Waals surface area contributed by atoms with Crippen molar-refractivity contribution in [3.63, 3.8) is 0 Å². The van der Waals surface area contributed by atoms with Gasteiger partial charge in [0.2, 0.25) is 0 Å². The number of ketones is 2. The summed E-state index contributed by atoms with van der Waals surface area (Å²) in [6, 6.07) is 0. The van der Waals surface area contributed by atoms with Crippen LogP contribution in [0.2, 0.25) is 0 Å². The molecule has 16 heavy (non-hydrogen) atoms. The van der Waals surface area contributed by atoms with Gasteiger partial charge in [-0.3, -0.25) is 9.59 Å². The molecule has 0 aromatic carbocycles. The summed E-state index contributed by atoms with van der Waals surface area (Å²) in [6.45, 7) is 6.83. The summed E-state index contributed by atoms with van der Waals surface area (Å²) in [7, 11) is 0. The molecule has 0 saturated heterocycles. The van der Waals surface area contributed by atoms with E-state index in [1.54, 1.807) is 33.8 Å². The second kappa shape index (κ2) is 3.98. The third-order valence-electron chi connectivity index (χ3n) is 3.22. The van der Waals surface area contributed by atoms with Crippen LogP contribution in [0.5, 0.6) is 0 Å². The lowest BCUT2D eigenvalue weighted by molar-refractivity contribution is -0.143. The maximum absolute atomic E-state index is 12.0. The lowest BCUT2D eigenvalue weighted by Gasteiger charge is -2.43. The molecule has 1 N–H and O–H groups in total. The lowest BCUT2D eigenvalue weighted by atomic mass is 9.63. The Morgan fingerprint density at radius 3 is 2.50 bits per heavy atom. The molecule has 1 aliphatic carbocycles. The number of aliphatic hydroxyl groups is 1. The molecular weight excluding hydrogens is 204 g/mol. The van der Waals surface area contributed by atoms with E-state index < -0.39 is 11.0 Å². The van der Waals surface area contributed by atoms with Crippen LogP contribution in [0.25, 0.3) is 0 Å². The van der Waals surface area contributed by atoms with E-state index in [4.69, 9.17) is 0 Å². The molecule has 3 heteroatoms. The van der Waals surface area contributed by atoms with E-state index in [1.165, 1.54) is 12.2 Å². The molecule has 1 atom stereocenters. The van der Waals surface area contributed by atoms with Gasteiger partial charge in [-0.25, -0.2) is 0 Å². The largest absolute Gasteiger partial charge is 0.377 e. The van der Waals surface area contributed by atoms with Gasteiger partial charge in [-0.15, -0.1) is 0 Å². The van der Waals surface area contributed by atoms with Crippen molar-refractivity contribution >= 4 is 11.6 Å². The van der Waals surface area contributed by atoms with Gasteiger partial charge in [-0.2, -0.15) is 0 Å². The smallest absolute Gasteiger partial charge is 0.191 e. The van der Waals surface area contributed by atoms with Crippen LogP contribution < -0.4 is 0 Å². The van der Waals surface area contributed by atoms with Crippen LogP contribution in [0, 0.1) is 5.41 Å². The van der Waals surface area contributed by atoms with Crippen LogP contribution in [0.15, 0.2) is 23.8 Å². The van der Waals surface area contributed by atoms with Gasteiger partial charge in [0.05, 0.1) is 0 Å². The van der Waals surface area contributed by atoms with Crippen molar-refractivity contribution in [2.75, 3.05) is 0 Å². The first-order chi connectivity index (χ1) is 7.25. The van der Waals surface area contributed by atoms with Crippen LogP contribution in [0.3, 0.4) is 0 Å². The molecule has 1 aliphatic rings. The Kier molecular flexibility index (Phi) is 3.20. The third-order valence-corrected chi connectivity index (χ3v) is 3.22. The first kappa shape index (κ1) is 12.8. The highest BCUT2D eigenvalue weighted by Gasteiger charge is 2.52. The summed E-state index contributed by atoms with van der Waals surface area (Å²) in [4.78, 5) is 23.4. The van der Waals surface area contributed by atoms with Crippen LogP contribution >= 0.6 is 0 Å². The Morgan fingerprint density at radius 2 is 2.06 bits per heavy atom. The zero-order chi connectivity index (χ0) is 12.6. The normalized spacial score (nSPS) is 29.3. The monoisotopic (exact) mass is 222 g/mol. The zero-order valence-corrected chi connectivity index (χ0v) is 10.2. The molecule has 0 unspecified atom stereocenters. The highest BCUT2D eigenvalue weighted by atomic mass is 16.3. The molecule has 88 valence electrons. The minimum atomic E-state index is -1.56. The van der Waals surface area contributed by atoms with Gasteiger partial charge in [-0.05, 0) is 31.6 Å². The second-order valence-electron chi connectivity index (χ2n) is 4.93. The summed E-state index contributed by atoms with van der Waals surface area (Å²) in [5, 5.41) is 10.6. The lowest BCUT2D eigenvalue weighted by Crippen LogP contribution is -2.54. The minimum Gasteiger partial charge on any atom is -0.377 e. The first-order valence-electron chi connectivity index (χ1n) is 5.37. The Labute approximate surface area is 95.9 Å². The summed E-state index contributed by atoms with van der Waals surface area (Å²) in [5.74, 6) is -0.401. The van der Waals surface area contributed by atoms with Crippen LogP contribution in [0.4, 0.5) is 0 Å². The number of hydrogen-bond acceptors (Lipinski definition) is 3. The molecule has 0 bridgehead atoms. The van der Waals surface area contributed by atoms with Crippen LogP contribution in [0.1, 0.15) is 34.1 Å². The van der Waals surface area contributed by atoms with E-state index in [2.05, 4.69) is 0 Å². The van der Waals surface area contributed by atoms with Gasteiger partial charge in [0.15, 0.2) is 17.2 Å². The quantitative estimate of drug-likeness (QED) is 0.725. The Morgan fingerprint density at radius 1 is 1.50 bits per heavy atom. The van der Waals surface area contributed by atoms with Gasteiger partial charge in [0.1, 0.15) is 0 Å². The Bertz CT molecular complexity index is 388. The molecular formula is C13H18O3. The molecule has 3 nitrogen and oxygen atoms in total. The van der Waals surface area contributed by atoms with E-state index in [1.807, 2.05) is 0 Å². The molecule has 0 saturated carbocycles. The van der Waals surface area contributed by atoms with Crippen LogP contribution in [-0.2, 0) is 9.59 Å². The number of hydrogen-bond donors (Lipinski definition) is 1. The van der Waals surface area contributed by atoms with Crippen molar-refractivity contribution in [1.82, 2.24) is 0 Å². The highest BCUT2D eigenvalue weighted by molar-refractivity contribution is 6.04. The summed E-state index contributed by atoms with van der Waals surface area (Å²) in [6.07, 6.45) is 4.51. The molecule has 0 spiro atoms. The minimum absolute atomic E-state index is 0.0412. The SMILES string of the molecule is C/C=C/C(=O)[C@]1(O)C(C)=CC(=O)CC1(C)C. The van der Waals surface area contributed by atoms with Crippen LogP contribution in [-0.4, -0.2) is 22.3 Å². The fraction of sp³-hybridized carbons (Fsp3) is 0.538. The van der Waals surface area contributed by atoms with Crippen molar-refractivity contribution in [3.05, 3.63) is 23.8 Å². The Balaban J connectivity index is 3.32. The van der Waals surface area contributed by atoms with E-state index in [0.717, 1.165) is 0 Å². The summed E-state index contributed by atoms with van der Waals surface area (Å²) in [5.41, 5.74) is -1.90. The highest BCUT2D eigenvalue weighted by Crippen LogP contribution is 2.43. The van der Waals surface area contributed by atoms with Gasteiger partial charge >= 0.3 is 0 Å². The molecule has 0 aliphatic heterocycles. The molecule has 0 heterocycles. The standard InChI is InChI=1S/C13H18O3/c1-5-6-11(15)13(16)9(2)7-10(14)8-12(13,3)4/h5-7,16H,8H2,1-4H3/b6-5+/t13-/m1/s1. The van der Waals surface area contributed by atoms with Crippen molar-refractivity contribution in [2.24, 2.45) is 5.41 Å². The van der Waals surface area contributed by atoms with Gasteiger partial charge in [0, 0.05) is 11.8 Å². The number of allylic oxidation sites excluding steroid dienone is 2. The van der Waals surface area contributed by atoms with Gasteiger partial charge in [0.25, 0.3) is 0 Å². The Hall–Kier alpha value is -1.22. The van der Waals surface area contributed by atoms with E-state index >= 15 is 0 Å². The molecule has 0 aromatic heterocycles. The fourth-order valence-electron chi connectivity index (χ4n) is 2.29. The van der Waals surface area contributed by atoms with Crippen molar-refractivity contribution in [3.8, 4) is 0 Å². The molecule has 0 aromatic rings. The van der Waals surface area contributed by atoms with Crippen molar-refractivity contribution in [1.29, 1.82) is 0 Å². The van der Waals surface area contributed by atoms with Gasteiger partial charge < -0.3 is 5.11 Å². The van der Waals surface area contributed by atoms with Gasteiger partial charge in [-0.1, -0.05) is 19.9 Å². The number of rotatable bonds is 2. The average molecular weight is 222 g/mol. The summed E-state index contributed by atoms with van der Waals surface area (Å²) < 4.78 is 0. The predicted octanol–water partition coefficient (Wildman–Crippen LogP) is 1.81. The van der Waals surface area contributed by atoms with E-state index in [0.29, 0.717) is 5.57 Å². The second-order valence-corrected chi connectivity index (χ2v) is 4.93. The average Bonchev–Trinajstić information content (AvgIpc) is 2.13. The van der Waals surface area contributed by atoms with Crippen molar-refractivity contribution < 1.29 is 14.7 Å². The molecule has 0 fully saturated rings. The third kappa shape index (κ3) is 1.76. The fourth-order valence-corrected chi connectivity index (χ4v) is 2.29. The topological polar surface area (TPSA) is 54.4 Å². The maximum atomic E-state index is 12.0. The number of carbonyl (C=O) groups is 2. The summed E-state index contributed by atoms with van der Waals surface area (Å²) >= 11 is 0.